The first-order valence-electron chi connectivity index (χ1n) is 6.07. The molecule has 0 radical (unpaired) electrons. The third-order valence-corrected chi connectivity index (χ3v) is 2.53. The van der Waals surface area contributed by atoms with Crippen LogP contribution in [-0.4, -0.2) is 42.4 Å². The van der Waals surface area contributed by atoms with Gasteiger partial charge in [0.2, 0.25) is 0 Å². The number of carbonyl (C=O) groups excluding carboxylic acids is 1. The summed E-state index contributed by atoms with van der Waals surface area (Å²) in [5.74, 6) is 0.209. The van der Waals surface area contributed by atoms with Gasteiger partial charge in [0.1, 0.15) is 11.4 Å². The minimum Gasteiger partial charge on any atom is -0.462 e. The van der Waals surface area contributed by atoms with Crippen LogP contribution in [0.5, 0.6) is 0 Å². The molecule has 0 saturated heterocycles. The average Bonchev–Trinajstić information content (AvgIpc) is 2.36. The summed E-state index contributed by atoms with van der Waals surface area (Å²) in [6.07, 6.45) is 1.88. The highest BCUT2D eigenvalue weighted by Gasteiger charge is 2.16. The number of aliphatic hydroxyl groups is 1. The number of aromatic nitrogens is 1. The molecule has 100 valence electrons. The molecule has 1 heterocycles. The highest BCUT2D eigenvalue weighted by atomic mass is 16.5. The summed E-state index contributed by atoms with van der Waals surface area (Å²) >= 11 is 0. The van der Waals surface area contributed by atoms with E-state index in [-0.39, 0.29) is 12.1 Å². The Morgan fingerprint density at radius 3 is 2.94 bits per heavy atom. The molecule has 5 heteroatoms. The van der Waals surface area contributed by atoms with Gasteiger partial charge in [-0.1, -0.05) is 0 Å². The van der Waals surface area contributed by atoms with Crippen molar-refractivity contribution >= 4 is 11.8 Å². The molecule has 0 spiro atoms. The van der Waals surface area contributed by atoms with E-state index >= 15 is 0 Å². The topological polar surface area (TPSA) is 62.7 Å². The first-order valence-corrected chi connectivity index (χ1v) is 6.07. The van der Waals surface area contributed by atoms with Gasteiger partial charge < -0.3 is 14.7 Å². The van der Waals surface area contributed by atoms with Crippen molar-refractivity contribution in [1.29, 1.82) is 0 Å². The maximum Gasteiger partial charge on any atom is 0.341 e. The van der Waals surface area contributed by atoms with E-state index in [1.807, 2.05) is 11.9 Å². The van der Waals surface area contributed by atoms with Crippen molar-refractivity contribution in [1.82, 2.24) is 4.98 Å². The molecule has 0 aromatic carbocycles. The minimum absolute atomic E-state index is 0.338. The smallest absolute Gasteiger partial charge is 0.341 e. The summed E-state index contributed by atoms with van der Waals surface area (Å²) in [5.41, 5.74) is 0.451. The normalized spacial score (nSPS) is 12.0. The summed E-state index contributed by atoms with van der Waals surface area (Å²) < 4.78 is 4.99. The Kier molecular flexibility index (Phi) is 5.58. The van der Waals surface area contributed by atoms with E-state index in [9.17, 15) is 9.90 Å². The lowest BCUT2D eigenvalue weighted by Crippen LogP contribution is -2.25. The fourth-order valence-corrected chi connectivity index (χ4v) is 1.56. The number of aliphatic hydroxyl groups excluding tert-OH is 1. The molecule has 0 aliphatic heterocycles. The molecule has 1 aromatic heterocycles. The molecule has 0 saturated carbocycles. The zero-order valence-corrected chi connectivity index (χ0v) is 11.1. The van der Waals surface area contributed by atoms with Gasteiger partial charge in [0.15, 0.2) is 0 Å². The second kappa shape index (κ2) is 6.96. The number of hydrogen-bond donors (Lipinski definition) is 1. The Morgan fingerprint density at radius 2 is 2.33 bits per heavy atom. The van der Waals surface area contributed by atoms with E-state index in [2.05, 4.69) is 4.98 Å². The first-order chi connectivity index (χ1) is 8.56. The predicted molar refractivity (Wildman–Crippen MR) is 69.8 cm³/mol. The summed E-state index contributed by atoms with van der Waals surface area (Å²) in [5, 5.41) is 9.27. The number of pyridine rings is 1. The van der Waals surface area contributed by atoms with E-state index in [4.69, 9.17) is 4.74 Å². The maximum atomic E-state index is 11.8. The second-order valence-corrected chi connectivity index (χ2v) is 4.15. The Balaban J connectivity index is 2.84. The number of carbonyl (C=O) groups is 1. The molecule has 1 aromatic rings. The van der Waals surface area contributed by atoms with Crippen molar-refractivity contribution in [3.8, 4) is 0 Å². The lowest BCUT2D eigenvalue weighted by atomic mass is 10.2. The zero-order valence-electron chi connectivity index (χ0n) is 11.1. The fraction of sp³-hybridized carbons (Fsp3) is 0.538. The molecule has 18 heavy (non-hydrogen) atoms. The van der Waals surface area contributed by atoms with E-state index in [0.717, 1.165) is 0 Å². The molecule has 0 aliphatic rings. The van der Waals surface area contributed by atoms with Crippen LogP contribution in [0.2, 0.25) is 0 Å². The molecular weight excluding hydrogens is 232 g/mol. The van der Waals surface area contributed by atoms with Crippen LogP contribution in [0.3, 0.4) is 0 Å². The number of rotatable bonds is 6. The molecule has 1 atom stereocenters. The third kappa shape index (κ3) is 4.00. The number of nitrogens with zero attached hydrogens (tertiary/aromatic N) is 2. The summed E-state index contributed by atoms with van der Waals surface area (Å²) in [4.78, 5) is 17.8. The van der Waals surface area contributed by atoms with Gasteiger partial charge in [0.05, 0.1) is 12.7 Å². The summed E-state index contributed by atoms with van der Waals surface area (Å²) in [6, 6.07) is 3.40. The van der Waals surface area contributed by atoms with Crippen molar-refractivity contribution in [2.45, 2.75) is 26.4 Å². The van der Waals surface area contributed by atoms with Crippen LogP contribution in [-0.2, 0) is 4.74 Å². The summed E-state index contributed by atoms with van der Waals surface area (Å²) in [7, 11) is 1.84. The Hall–Kier alpha value is -1.62. The maximum absolute atomic E-state index is 11.8. The molecule has 1 unspecified atom stereocenters. The Labute approximate surface area is 107 Å². The Morgan fingerprint density at radius 1 is 1.61 bits per heavy atom. The standard InChI is InChI=1S/C13H20N2O3/c1-4-18-13(17)11-6-5-8-14-12(11)15(3)9-7-10(2)16/h5-6,8,10,16H,4,7,9H2,1-3H3. The van der Waals surface area contributed by atoms with E-state index < -0.39 is 0 Å². The number of ether oxygens (including phenoxy) is 1. The van der Waals surface area contributed by atoms with Gasteiger partial charge in [-0.25, -0.2) is 9.78 Å². The van der Waals surface area contributed by atoms with Gasteiger partial charge in [-0.15, -0.1) is 0 Å². The molecule has 1 rings (SSSR count). The van der Waals surface area contributed by atoms with Gasteiger partial charge in [-0.05, 0) is 32.4 Å². The molecule has 5 nitrogen and oxygen atoms in total. The molecular formula is C13H20N2O3. The molecule has 0 amide bonds. The number of esters is 1. The van der Waals surface area contributed by atoms with Crippen molar-refractivity contribution < 1.29 is 14.6 Å². The second-order valence-electron chi connectivity index (χ2n) is 4.15. The largest absolute Gasteiger partial charge is 0.462 e. The van der Waals surface area contributed by atoms with E-state index in [1.165, 1.54) is 0 Å². The molecule has 0 fully saturated rings. The monoisotopic (exact) mass is 252 g/mol. The van der Waals surface area contributed by atoms with Crippen molar-refractivity contribution in [2.75, 3.05) is 25.1 Å². The van der Waals surface area contributed by atoms with Gasteiger partial charge >= 0.3 is 5.97 Å². The molecule has 1 N–H and O–H groups in total. The highest BCUT2D eigenvalue weighted by molar-refractivity contribution is 5.94. The van der Waals surface area contributed by atoms with Crippen LogP contribution in [0.25, 0.3) is 0 Å². The SMILES string of the molecule is CCOC(=O)c1cccnc1N(C)CCC(C)O. The molecule has 0 bridgehead atoms. The van der Waals surface area contributed by atoms with Crippen molar-refractivity contribution in [3.05, 3.63) is 23.9 Å². The predicted octanol–water partition coefficient (Wildman–Crippen LogP) is 1.47. The molecule has 0 aliphatic carbocycles. The van der Waals surface area contributed by atoms with Crippen LogP contribution < -0.4 is 4.90 Å². The van der Waals surface area contributed by atoms with Crippen LogP contribution in [0.1, 0.15) is 30.6 Å². The minimum atomic E-state index is -0.373. The van der Waals surface area contributed by atoms with Gasteiger partial charge in [-0.2, -0.15) is 0 Å². The van der Waals surface area contributed by atoms with Crippen molar-refractivity contribution in [2.24, 2.45) is 0 Å². The van der Waals surface area contributed by atoms with E-state index in [0.29, 0.717) is 31.0 Å². The van der Waals surface area contributed by atoms with Gasteiger partial charge in [0, 0.05) is 19.8 Å². The Bertz CT molecular complexity index is 394. The van der Waals surface area contributed by atoms with Crippen LogP contribution in [0.15, 0.2) is 18.3 Å². The lowest BCUT2D eigenvalue weighted by molar-refractivity contribution is 0.0526. The number of hydrogen-bond acceptors (Lipinski definition) is 5. The number of anilines is 1. The lowest BCUT2D eigenvalue weighted by Gasteiger charge is -2.21. The van der Waals surface area contributed by atoms with Crippen molar-refractivity contribution in [3.63, 3.8) is 0 Å². The third-order valence-electron chi connectivity index (χ3n) is 2.53. The van der Waals surface area contributed by atoms with Crippen LogP contribution in [0, 0.1) is 0 Å². The summed E-state index contributed by atoms with van der Waals surface area (Å²) in [6.45, 7) is 4.47. The average molecular weight is 252 g/mol. The highest BCUT2D eigenvalue weighted by Crippen LogP contribution is 2.17. The zero-order chi connectivity index (χ0) is 13.5. The van der Waals surface area contributed by atoms with Crippen LogP contribution >= 0.6 is 0 Å². The first kappa shape index (κ1) is 14.4. The van der Waals surface area contributed by atoms with E-state index in [1.54, 1.807) is 32.2 Å². The van der Waals surface area contributed by atoms with Crippen LogP contribution in [0.4, 0.5) is 5.82 Å². The fourth-order valence-electron chi connectivity index (χ4n) is 1.56. The van der Waals surface area contributed by atoms with Gasteiger partial charge in [-0.3, -0.25) is 0 Å². The van der Waals surface area contributed by atoms with Gasteiger partial charge in [0.25, 0.3) is 0 Å². The quantitative estimate of drug-likeness (QED) is 0.777.